The Bertz CT molecular complexity index is 1360. The van der Waals surface area contributed by atoms with E-state index in [1.165, 1.54) is 7.11 Å². The van der Waals surface area contributed by atoms with Crippen LogP contribution in [0, 0.1) is 5.92 Å². The van der Waals surface area contributed by atoms with Gasteiger partial charge in [0.2, 0.25) is 5.95 Å². The van der Waals surface area contributed by atoms with Gasteiger partial charge in [-0.15, -0.1) is 0 Å². The third kappa shape index (κ3) is 4.83. The van der Waals surface area contributed by atoms with Gasteiger partial charge in [0.25, 0.3) is 0 Å². The molecule has 0 saturated heterocycles. The molecule has 0 amide bonds. The highest BCUT2D eigenvalue weighted by molar-refractivity contribution is 5.75. The van der Waals surface area contributed by atoms with Crippen LogP contribution in [0.4, 0.5) is 5.95 Å². The fraction of sp³-hybridized carbons (Fsp3) is 0.233. The van der Waals surface area contributed by atoms with Gasteiger partial charge < -0.3 is 20.3 Å². The summed E-state index contributed by atoms with van der Waals surface area (Å²) in [5.41, 5.74) is 3.57. The Morgan fingerprint density at radius 3 is 1.82 bits per heavy atom. The van der Waals surface area contributed by atoms with Crippen LogP contribution in [0.2, 0.25) is 0 Å². The molecule has 0 aliphatic heterocycles. The summed E-state index contributed by atoms with van der Waals surface area (Å²) in [5, 5.41) is 23.2. The molecule has 8 nitrogen and oxygen atoms in total. The number of aliphatic hydroxyl groups excluding tert-OH is 2. The van der Waals surface area contributed by atoms with Crippen LogP contribution in [0.5, 0.6) is 6.01 Å². The molecule has 2 heterocycles. The number of hydrogen-bond donors (Lipinski definition) is 3. The Morgan fingerprint density at radius 2 is 1.34 bits per heavy atom. The predicted molar refractivity (Wildman–Crippen MR) is 147 cm³/mol. The summed E-state index contributed by atoms with van der Waals surface area (Å²) in [6, 6.07) is 31.1. The Morgan fingerprint density at radius 1 is 0.816 bits per heavy atom. The molecule has 0 unspecified atom stereocenters. The van der Waals surface area contributed by atoms with E-state index < -0.39 is 5.54 Å². The summed E-state index contributed by atoms with van der Waals surface area (Å²) in [7, 11) is 1.53. The number of anilines is 1. The zero-order chi connectivity index (χ0) is 26.4. The highest BCUT2D eigenvalue weighted by Gasteiger charge is 2.38. The minimum absolute atomic E-state index is 0.105. The number of methoxy groups -OCH3 is 1. The van der Waals surface area contributed by atoms with E-state index in [4.69, 9.17) is 9.72 Å². The van der Waals surface area contributed by atoms with Crippen molar-refractivity contribution in [3.63, 3.8) is 0 Å². The van der Waals surface area contributed by atoms with Gasteiger partial charge in [0.1, 0.15) is 11.1 Å². The van der Waals surface area contributed by atoms with Crippen LogP contribution < -0.4 is 10.1 Å². The van der Waals surface area contributed by atoms with Crippen molar-refractivity contribution in [3.8, 4) is 6.01 Å². The van der Waals surface area contributed by atoms with Crippen molar-refractivity contribution >= 4 is 17.1 Å². The van der Waals surface area contributed by atoms with E-state index in [0.717, 1.165) is 16.7 Å². The molecule has 0 spiro atoms. The SMILES string of the molecule is COc1ncc2nc(NC(c3ccccc3)(c3ccccc3)c3ccccc3)n(CCC(CO)CO)c2n1. The van der Waals surface area contributed by atoms with Gasteiger partial charge in [-0.25, -0.2) is 9.97 Å². The highest BCUT2D eigenvalue weighted by atomic mass is 16.5. The van der Waals surface area contributed by atoms with Crippen molar-refractivity contribution in [2.24, 2.45) is 5.92 Å². The third-order valence-electron chi connectivity index (χ3n) is 6.85. The molecule has 0 aliphatic carbocycles. The van der Waals surface area contributed by atoms with Gasteiger partial charge in [-0.05, 0) is 23.1 Å². The zero-order valence-corrected chi connectivity index (χ0v) is 21.2. The maximum atomic E-state index is 9.71. The Balaban J connectivity index is 1.74. The lowest BCUT2D eigenvalue weighted by molar-refractivity contribution is 0.140. The average molecular weight is 510 g/mol. The maximum Gasteiger partial charge on any atom is 0.318 e. The first-order chi connectivity index (χ1) is 18.7. The number of nitrogens with zero attached hydrogens (tertiary/aromatic N) is 4. The first kappa shape index (κ1) is 25.4. The second-order valence-electron chi connectivity index (χ2n) is 9.15. The number of ether oxygens (including phenoxy) is 1. The average Bonchev–Trinajstić information content (AvgIpc) is 3.33. The summed E-state index contributed by atoms with van der Waals surface area (Å²) in [6.45, 7) is 0.262. The van der Waals surface area contributed by atoms with Crippen molar-refractivity contribution in [1.29, 1.82) is 0 Å². The molecular weight excluding hydrogens is 478 g/mol. The molecule has 5 rings (SSSR count). The number of nitrogens with one attached hydrogen (secondary N) is 1. The molecule has 0 radical (unpaired) electrons. The van der Waals surface area contributed by atoms with E-state index >= 15 is 0 Å². The molecule has 5 aromatic rings. The summed E-state index contributed by atoms with van der Waals surface area (Å²) in [6.07, 6.45) is 2.18. The topological polar surface area (TPSA) is 105 Å². The van der Waals surface area contributed by atoms with Crippen molar-refractivity contribution in [1.82, 2.24) is 19.5 Å². The molecule has 8 heteroatoms. The van der Waals surface area contributed by atoms with Crippen LogP contribution in [0.25, 0.3) is 11.2 Å². The number of rotatable bonds is 11. The standard InChI is InChI=1S/C30H31N5O3/c1-38-29-31-19-26-27(33-29)35(18-17-22(20-36)21-37)28(32-26)34-30(23-11-5-2-6-12-23,24-13-7-3-8-14-24)25-15-9-4-10-16-25/h2-16,19,22,36-37H,17-18,20-21H2,1H3,(H,32,34). The second-order valence-corrected chi connectivity index (χ2v) is 9.15. The molecule has 0 fully saturated rings. The number of benzene rings is 3. The number of hydrogen-bond acceptors (Lipinski definition) is 7. The summed E-state index contributed by atoms with van der Waals surface area (Å²) in [5.74, 6) is 0.333. The smallest absolute Gasteiger partial charge is 0.318 e. The van der Waals surface area contributed by atoms with Crippen LogP contribution in [0.3, 0.4) is 0 Å². The maximum absolute atomic E-state index is 9.71. The largest absolute Gasteiger partial charge is 0.467 e. The highest BCUT2D eigenvalue weighted by Crippen LogP contribution is 2.40. The Hall–Kier alpha value is -4.27. The number of fused-ring (bicyclic) bond motifs is 1. The molecule has 0 atom stereocenters. The molecule has 3 aromatic carbocycles. The monoisotopic (exact) mass is 509 g/mol. The first-order valence-corrected chi connectivity index (χ1v) is 12.6. The molecule has 194 valence electrons. The summed E-state index contributed by atoms with van der Waals surface area (Å²) >= 11 is 0. The number of aromatic nitrogens is 4. The number of aryl methyl sites for hydroxylation is 1. The lowest BCUT2D eigenvalue weighted by Crippen LogP contribution is -2.39. The minimum Gasteiger partial charge on any atom is -0.467 e. The van der Waals surface area contributed by atoms with Gasteiger partial charge in [-0.1, -0.05) is 91.0 Å². The van der Waals surface area contributed by atoms with Crippen molar-refractivity contribution in [3.05, 3.63) is 114 Å². The van der Waals surface area contributed by atoms with Gasteiger partial charge >= 0.3 is 6.01 Å². The Kier molecular flexibility index (Phi) is 7.62. The normalized spacial score (nSPS) is 11.7. The van der Waals surface area contributed by atoms with Gasteiger partial charge in [0, 0.05) is 25.7 Å². The molecule has 2 aromatic heterocycles. The predicted octanol–water partition coefficient (Wildman–Crippen LogP) is 4.23. The van der Waals surface area contributed by atoms with Crippen LogP contribution in [0.15, 0.2) is 97.2 Å². The van der Waals surface area contributed by atoms with Crippen LogP contribution in [-0.4, -0.2) is 50.1 Å². The van der Waals surface area contributed by atoms with Gasteiger partial charge in [0.15, 0.2) is 5.65 Å². The van der Waals surface area contributed by atoms with Gasteiger partial charge in [-0.2, -0.15) is 4.98 Å². The zero-order valence-electron chi connectivity index (χ0n) is 21.2. The van der Waals surface area contributed by atoms with E-state index in [9.17, 15) is 10.2 Å². The molecular formula is C30H31N5O3. The van der Waals surface area contributed by atoms with E-state index in [0.29, 0.717) is 30.1 Å². The molecule has 0 aliphatic rings. The molecule has 3 N–H and O–H groups in total. The number of imidazole rings is 1. The van der Waals surface area contributed by atoms with E-state index in [2.05, 4.69) is 51.7 Å². The van der Waals surface area contributed by atoms with Crippen LogP contribution >= 0.6 is 0 Å². The summed E-state index contributed by atoms with van der Waals surface area (Å²) < 4.78 is 7.27. The fourth-order valence-corrected chi connectivity index (χ4v) is 4.81. The minimum atomic E-state index is -0.784. The Labute approximate surface area is 221 Å². The van der Waals surface area contributed by atoms with Crippen LogP contribution in [0.1, 0.15) is 23.1 Å². The lowest BCUT2D eigenvalue weighted by atomic mass is 9.77. The van der Waals surface area contributed by atoms with Gasteiger partial charge in [0.05, 0.1) is 13.3 Å². The lowest BCUT2D eigenvalue weighted by Gasteiger charge is -2.37. The molecule has 0 bridgehead atoms. The van der Waals surface area contributed by atoms with E-state index in [-0.39, 0.29) is 25.1 Å². The molecule has 38 heavy (non-hydrogen) atoms. The second kappa shape index (κ2) is 11.4. The van der Waals surface area contributed by atoms with Crippen molar-refractivity contribution in [2.45, 2.75) is 18.5 Å². The molecule has 0 saturated carbocycles. The third-order valence-corrected chi connectivity index (χ3v) is 6.85. The first-order valence-electron chi connectivity index (χ1n) is 12.6. The van der Waals surface area contributed by atoms with Crippen molar-refractivity contribution < 1.29 is 14.9 Å². The van der Waals surface area contributed by atoms with Crippen LogP contribution in [-0.2, 0) is 12.1 Å². The van der Waals surface area contributed by atoms with Gasteiger partial charge in [-0.3, -0.25) is 4.57 Å². The van der Waals surface area contributed by atoms with E-state index in [1.54, 1.807) is 6.20 Å². The van der Waals surface area contributed by atoms with Crippen molar-refractivity contribution in [2.75, 3.05) is 25.6 Å². The van der Waals surface area contributed by atoms with E-state index in [1.807, 2.05) is 59.2 Å². The fourth-order valence-electron chi connectivity index (χ4n) is 4.81. The number of aliphatic hydroxyl groups is 2. The summed E-state index contributed by atoms with van der Waals surface area (Å²) in [4.78, 5) is 13.8. The quantitative estimate of drug-likeness (QED) is 0.229.